The van der Waals surface area contributed by atoms with E-state index in [9.17, 15) is 31.2 Å². The number of hydrogen-bond donors (Lipinski definition) is 2. The zero-order valence-corrected chi connectivity index (χ0v) is 18.8. The fourth-order valence-corrected chi connectivity index (χ4v) is 4.18. The summed E-state index contributed by atoms with van der Waals surface area (Å²) >= 11 is 0. The Morgan fingerprint density at radius 3 is 2.24 bits per heavy atom. The first-order valence-electron chi connectivity index (χ1n) is 9.66. The van der Waals surface area contributed by atoms with Gasteiger partial charge in [0.25, 0.3) is 5.91 Å². The standard InChI is InChI=1S/C23H19F3N2O5S/c1-13-11-14(7-10-20(13)34(27,31)32)21(29)28-15-8-9-16(18(12-15)22(30)33-2)17-5-3-4-6-19(17)23(24,25)26/h3-12H,1-2H3,(H,28,29)(H2,27,31,32). The summed E-state index contributed by atoms with van der Waals surface area (Å²) in [5.41, 5.74) is -0.874. The molecular weight excluding hydrogens is 473 g/mol. The molecule has 0 aliphatic rings. The van der Waals surface area contributed by atoms with E-state index in [1.54, 1.807) is 0 Å². The second-order valence-corrected chi connectivity index (χ2v) is 8.80. The maximum Gasteiger partial charge on any atom is 0.417 e. The van der Waals surface area contributed by atoms with E-state index in [0.29, 0.717) is 0 Å². The summed E-state index contributed by atoms with van der Waals surface area (Å²) < 4.78 is 68.3. The molecule has 178 valence electrons. The molecule has 0 radical (unpaired) electrons. The number of carbonyl (C=O) groups is 2. The van der Waals surface area contributed by atoms with Gasteiger partial charge in [0.15, 0.2) is 0 Å². The molecule has 0 spiro atoms. The number of rotatable bonds is 5. The van der Waals surface area contributed by atoms with Crippen molar-refractivity contribution >= 4 is 27.6 Å². The number of nitrogens with two attached hydrogens (primary N) is 1. The summed E-state index contributed by atoms with van der Waals surface area (Å²) in [6.07, 6.45) is -4.65. The number of carbonyl (C=O) groups excluding carboxylic acids is 2. The van der Waals surface area contributed by atoms with Gasteiger partial charge < -0.3 is 10.1 Å². The fraction of sp³-hybridized carbons (Fsp3) is 0.130. The summed E-state index contributed by atoms with van der Waals surface area (Å²) in [5, 5.41) is 7.66. The normalized spacial score (nSPS) is 11.7. The molecule has 0 heterocycles. The van der Waals surface area contributed by atoms with Gasteiger partial charge in [0.2, 0.25) is 10.0 Å². The summed E-state index contributed by atoms with van der Waals surface area (Å²) in [5.74, 6) is -1.53. The van der Waals surface area contributed by atoms with Crippen molar-refractivity contribution < 1.29 is 35.9 Å². The van der Waals surface area contributed by atoms with Crippen molar-refractivity contribution in [3.8, 4) is 11.1 Å². The van der Waals surface area contributed by atoms with Gasteiger partial charge in [0.1, 0.15) is 0 Å². The van der Waals surface area contributed by atoms with Gasteiger partial charge >= 0.3 is 12.1 Å². The van der Waals surface area contributed by atoms with Crippen molar-refractivity contribution in [3.05, 3.63) is 82.9 Å². The Morgan fingerprint density at radius 2 is 1.65 bits per heavy atom. The van der Waals surface area contributed by atoms with Crippen molar-refractivity contribution in [1.29, 1.82) is 0 Å². The van der Waals surface area contributed by atoms with Crippen LogP contribution in [0.2, 0.25) is 0 Å². The lowest BCUT2D eigenvalue weighted by molar-refractivity contribution is -0.137. The Balaban J connectivity index is 2.01. The highest BCUT2D eigenvalue weighted by Crippen LogP contribution is 2.39. The zero-order chi connectivity index (χ0) is 25.3. The van der Waals surface area contributed by atoms with E-state index in [1.807, 2.05) is 0 Å². The topological polar surface area (TPSA) is 116 Å². The smallest absolute Gasteiger partial charge is 0.417 e. The molecule has 3 aromatic carbocycles. The largest absolute Gasteiger partial charge is 0.465 e. The molecule has 34 heavy (non-hydrogen) atoms. The number of amides is 1. The molecule has 3 rings (SSSR count). The second-order valence-electron chi connectivity index (χ2n) is 7.27. The van der Waals surface area contributed by atoms with Gasteiger partial charge in [-0.3, -0.25) is 4.79 Å². The van der Waals surface area contributed by atoms with Crippen LogP contribution in [-0.2, 0) is 20.9 Å². The first-order valence-corrected chi connectivity index (χ1v) is 11.2. The minimum absolute atomic E-state index is 0.0221. The molecule has 7 nitrogen and oxygen atoms in total. The summed E-state index contributed by atoms with van der Waals surface area (Å²) in [7, 11) is -2.88. The third-order valence-electron chi connectivity index (χ3n) is 4.95. The lowest BCUT2D eigenvalue weighted by Gasteiger charge is -2.16. The molecule has 0 fully saturated rings. The van der Waals surface area contributed by atoms with Gasteiger partial charge in [-0.05, 0) is 60.0 Å². The molecule has 1 amide bonds. The molecule has 0 unspecified atom stereocenters. The van der Waals surface area contributed by atoms with E-state index in [0.717, 1.165) is 13.2 Å². The Morgan fingerprint density at radius 1 is 0.971 bits per heavy atom. The van der Waals surface area contributed by atoms with Crippen LogP contribution in [0.5, 0.6) is 0 Å². The zero-order valence-electron chi connectivity index (χ0n) is 17.9. The van der Waals surface area contributed by atoms with Crippen LogP contribution < -0.4 is 10.5 Å². The number of methoxy groups -OCH3 is 1. The summed E-state index contributed by atoms with van der Waals surface area (Å²) in [4.78, 5) is 24.9. The van der Waals surface area contributed by atoms with Crippen LogP contribution in [0.15, 0.2) is 65.6 Å². The lowest BCUT2D eigenvalue weighted by atomic mass is 9.94. The number of anilines is 1. The molecule has 11 heteroatoms. The first-order chi connectivity index (χ1) is 15.8. The van der Waals surface area contributed by atoms with Crippen LogP contribution in [0.4, 0.5) is 18.9 Å². The van der Waals surface area contributed by atoms with Crippen LogP contribution in [0, 0.1) is 6.92 Å². The predicted molar refractivity (Wildman–Crippen MR) is 119 cm³/mol. The van der Waals surface area contributed by atoms with Crippen LogP contribution in [0.1, 0.15) is 31.8 Å². The van der Waals surface area contributed by atoms with Gasteiger partial charge in [-0.15, -0.1) is 0 Å². The van der Waals surface area contributed by atoms with E-state index in [4.69, 9.17) is 9.88 Å². The summed E-state index contributed by atoms with van der Waals surface area (Å²) in [6.45, 7) is 1.47. The second kappa shape index (κ2) is 9.27. The van der Waals surface area contributed by atoms with Crippen molar-refractivity contribution in [3.63, 3.8) is 0 Å². The number of esters is 1. The molecule has 0 aliphatic heterocycles. The number of sulfonamides is 1. The Hall–Kier alpha value is -3.70. The number of primary sulfonamides is 1. The van der Waals surface area contributed by atoms with Crippen LogP contribution in [0.25, 0.3) is 11.1 Å². The number of alkyl halides is 3. The van der Waals surface area contributed by atoms with Gasteiger partial charge in [0.05, 0.1) is 23.1 Å². The van der Waals surface area contributed by atoms with E-state index >= 15 is 0 Å². The highest BCUT2D eigenvalue weighted by atomic mass is 32.2. The average molecular weight is 492 g/mol. The van der Waals surface area contributed by atoms with Crippen LogP contribution >= 0.6 is 0 Å². The maximum absolute atomic E-state index is 13.5. The molecule has 0 aromatic heterocycles. The van der Waals surface area contributed by atoms with E-state index in [2.05, 4.69) is 5.32 Å². The fourth-order valence-electron chi connectivity index (χ4n) is 3.41. The van der Waals surface area contributed by atoms with Crippen molar-refractivity contribution in [2.45, 2.75) is 18.0 Å². The van der Waals surface area contributed by atoms with Crippen molar-refractivity contribution in [2.75, 3.05) is 12.4 Å². The average Bonchev–Trinajstić information content (AvgIpc) is 2.77. The molecule has 0 saturated heterocycles. The minimum atomic E-state index is -4.65. The van der Waals surface area contributed by atoms with Crippen LogP contribution in [0.3, 0.4) is 0 Å². The number of nitrogens with one attached hydrogen (secondary N) is 1. The highest BCUT2D eigenvalue weighted by Gasteiger charge is 2.34. The van der Waals surface area contributed by atoms with Crippen LogP contribution in [-0.4, -0.2) is 27.4 Å². The Labute approximate surface area is 193 Å². The monoisotopic (exact) mass is 492 g/mol. The minimum Gasteiger partial charge on any atom is -0.465 e. The Bertz CT molecular complexity index is 1390. The molecular formula is C23H19F3N2O5S. The van der Waals surface area contributed by atoms with Crippen molar-refractivity contribution in [2.24, 2.45) is 5.14 Å². The summed E-state index contributed by atoms with van der Waals surface area (Å²) in [6, 6.07) is 12.4. The number of ether oxygens (including phenoxy) is 1. The molecule has 3 N–H and O–H groups in total. The molecule has 0 saturated carbocycles. The van der Waals surface area contributed by atoms with Gasteiger partial charge in [-0.1, -0.05) is 24.3 Å². The predicted octanol–water partition coefficient (Wildman–Crippen LogP) is 4.37. The van der Waals surface area contributed by atoms with Gasteiger partial charge in [-0.25, -0.2) is 18.4 Å². The number of aryl methyl sites for hydroxylation is 1. The van der Waals surface area contributed by atoms with Gasteiger partial charge in [-0.2, -0.15) is 13.2 Å². The third-order valence-corrected chi connectivity index (χ3v) is 6.02. The molecule has 0 atom stereocenters. The van der Waals surface area contributed by atoms with Crippen molar-refractivity contribution in [1.82, 2.24) is 0 Å². The first kappa shape index (κ1) is 24.9. The molecule has 0 aliphatic carbocycles. The SMILES string of the molecule is COC(=O)c1cc(NC(=O)c2ccc(S(N)(=O)=O)c(C)c2)ccc1-c1ccccc1C(F)(F)F. The number of hydrogen-bond acceptors (Lipinski definition) is 5. The number of halogens is 3. The third kappa shape index (κ3) is 5.26. The molecule has 0 bridgehead atoms. The van der Waals surface area contributed by atoms with E-state index in [1.165, 1.54) is 61.5 Å². The Kier molecular flexibility index (Phi) is 6.80. The number of benzene rings is 3. The quantitative estimate of drug-likeness (QED) is 0.514. The van der Waals surface area contributed by atoms with Gasteiger partial charge in [0, 0.05) is 11.3 Å². The lowest BCUT2D eigenvalue weighted by Crippen LogP contribution is -2.16. The molecule has 3 aromatic rings. The van der Waals surface area contributed by atoms with E-state index < -0.39 is 33.6 Å². The highest BCUT2D eigenvalue weighted by molar-refractivity contribution is 7.89. The van der Waals surface area contributed by atoms with E-state index in [-0.39, 0.29) is 38.4 Å². The maximum atomic E-state index is 13.5.